The molecule has 2 aromatic carbocycles. The first-order chi connectivity index (χ1) is 17.1. The van der Waals surface area contributed by atoms with Crippen LogP contribution in [0.2, 0.25) is 0 Å². The molecule has 37 heavy (non-hydrogen) atoms. The molecule has 202 valence electrons. The van der Waals surface area contributed by atoms with Gasteiger partial charge in [-0.15, -0.1) is 12.4 Å². The number of likely N-dealkylation sites (tertiary alicyclic amines) is 1. The third-order valence-electron chi connectivity index (χ3n) is 7.18. The smallest absolute Gasteiger partial charge is 0.410 e. The fourth-order valence-electron chi connectivity index (χ4n) is 5.31. The minimum absolute atomic E-state index is 0. The van der Waals surface area contributed by atoms with Gasteiger partial charge >= 0.3 is 6.09 Å². The first kappa shape index (κ1) is 28.9. The van der Waals surface area contributed by atoms with Gasteiger partial charge in [0, 0.05) is 44.4 Å². The second-order valence-electron chi connectivity index (χ2n) is 9.88. The Kier molecular flexibility index (Phi) is 9.61. The van der Waals surface area contributed by atoms with E-state index in [0.717, 1.165) is 51.4 Å². The van der Waals surface area contributed by atoms with E-state index in [9.17, 15) is 18.0 Å². The molecule has 2 aromatic rings. The Labute approximate surface area is 225 Å². The number of carbonyl (C=O) groups excluding carboxylic acids is 2. The molecule has 1 saturated heterocycles. The average molecular weight is 550 g/mol. The van der Waals surface area contributed by atoms with Crippen LogP contribution in [0.4, 0.5) is 4.79 Å². The Morgan fingerprint density at radius 3 is 2.49 bits per heavy atom. The van der Waals surface area contributed by atoms with E-state index in [4.69, 9.17) is 4.74 Å². The van der Waals surface area contributed by atoms with Crippen LogP contribution in [0.1, 0.15) is 53.1 Å². The Morgan fingerprint density at radius 1 is 1.08 bits per heavy atom. The summed E-state index contributed by atoms with van der Waals surface area (Å²) < 4.78 is 28.8. The summed E-state index contributed by atoms with van der Waals surface area (Å²) in [5.41, 5.74) is 2.94. The summed E-state index contributed by atoms with van der Waals surface area (Å²) in [4.78, 5) is 28.6. The second kappa shape index (κ2) is 12.3. The fraction of sp³-hybridized carbons (Fsp3) is 0.481. The van der Waals surface area contributed by atoms with E-state index in [0.29, 0.717) is 29.8 Å². The highest BCUT2D eigenvalue weighted by Gasteiger charge is 2.39. The number of amides is 2. The van der Waals surface area contributed by atoms with E-state index in [1.165, 1.54) is 28.2 Å². The molecule has 0 saturated carbocycles. The van der Waals surface area contributed by atoms with Crippen molar-refractivity contribution in [3.63, 3.8) is 0 Å². The van der Waals surface area contributed by atoms with Gasteiger partial charge in [0.25, 0.3) is 5.91 Å². The molecule has 1 fully saturated rings. The van der Waals surface area contributed by atoms with Gasteiger partial charge in [-0.2, -0.15) is 0 Å². The first-order valence-electron chi connectivity index (χ1n) is 12.5. The van der Waals surface area contributed by atoms with Crippen LogP contribution in [0.15, 0.2) is 47.4 Å². The van der Waals surface area contributed by atoms with Crippen molar-refractivity contribution in [1.29, 1.82) is 0 Å². The van der Waals surface area contributed by atoms with Gasteiger partial charge < -0.3 is 15.0 Å². The summed E-state index contributed by atoms with van der Waals surface area (Å²) in [6.45, 7) is 2.62. The van der Waals surface area contributed by atoms with E-state index >= 15 is 0 Å². The van der Waals surface area contributed by atoms with Crippen molar-refractivity contribution in [2.45, 2.75) is 49.0 Å². The molecule has 2 aliphatic rings. The minimum atomic E-state index is -3.27. The van der Waals surface area contributed by atoms with Crippen LogP contribution in [0, 0.1) is 0 Å². The lowest BCUT2D eigenvalue weighted by Gasteiger charge is -2.34. The maximum Gasteiger partial charge on any atom is 0.414 e. The number of ether oxygens (including phenoxy) is 1. The number of unbranched alkanes of at least 4 members (excludes halogenated alkanes) is 1. The van der Waals surface area contributed by atoms with Crippen molar-refractivity contribution >= 4 is 34.2 Å². The SMILES string of the molecule is CN(C)C(=O)Oc1cccc2c1CC[C@@H]1[C@H]2CCN1CCCCNC(=O)c1ccc(S(C)(=O)=O)cc1.Cl. The van der Waals surface area contributed by atoms with Gasteiger partial charge in [-0.1, -0.05) is 12.1 Å². The Balaban J connectivity index is 0.00000380. The summed E-state index contributed by atoms with van der Waals surface area (Å²) in [7, 11) is 0.102. The number of carbonyl (C=O) groups is 2. The summed E-state index contributed by atoms with van der Waals surface area (Å²) in [6, 6.07) is 12.6. The molecule has 0 radical (unpaired) electrons. The van der Waals surface area contributed by atoms with Gasteiger partial charge in [0.2, 0.25) is 0 Å². The highest BCUT2D eigenvalue weighted by Crippen LogP contribution is 2.44. The molecule has 1 heterocycles. The molecule has 1 aliphatic heterocycles. The number of nitrogens with zero attached hydrogens (tertiary/aromatic N) is 2. The molecule has 0 unspecified atom stereocenters. The quantitative estimate of drug-likeness (QED) is 0.502. The molecular weight excluding hydrogens is 514 g/mol. The van der Waals surface area contributed by atoms with Gasteiger partial charge in [0.15, 0.2) is 9.84 Å². The van der Waals surface area contributed by atoms with Gasteiger partial charge in [0.05, 0.1) is 4.90 Å². The van der Waals surface area contributed by atoms with E-state index in [2.05, 4.69) is 16.3 Å². The molecule has 4 rings (SSSR count). The second-order valence-corrected chi connectivity index (χ2v) is 11.9. The van der Waals surface area contributed by atoms with Crippen LogP contribution in [-0.4, -0.2) is 76.2 Å². The number of fused-ring (bicyclic) bond motifs is 3. The van der Waals surface area contributed by atoms with Gasteiger partial charge in [-0.05, 0) is 86.7 Å². The number of halogens is 1. The maximum atomic E-state index is 12.4. The lowest BCUT2D eigenvalue weighted by molar-refractivity contribution is 0.0952. The molecule has 10 heteroatoms. The number of sulfone groups is 1. The molecular formula is C27H36ClN3O5S. The highest BCUT2D eigenvalue weighted by molar-refractivity contribution is 7.90. The molecule has 0 spiro atoms. The number of hydrogen-bond acceptors (Lipinski definition) is 6. The van der Waals surface area contributed by atoms with Crippen LogP contribution in [0.3, 0.4) is 0 Å². The van der Waals surface area contributed by atoms with Crippen LogP contribution >= 0.6 is 12.4 Å². The average Bonchev–Trinajstić information content (AvgIpc) is 3.27. The summed E-state index contributed by atoms with van der Waals surface area (Å²) in [5.74, 6) is 0.956. The van der Waals surface area contributed by atoms with Gasteiger partial charge in [-0.25, -0.2) is 13.2 Å². The van der Waals surface area contributed by atoms with Crippen LogP contribution in [-0.2, 0) is 16.3 Å². The van der Waals surface area contributed by atoms with Crippen LogP contribution in [0.5, 0.6) is 5.75 Å². The van der Waals surface area contributed by atoms with Crippen molar-refractivity contribution in [3.05, 3.63) is 59.2 Å². The number of rotatable bonds is 8. The van der Waals surface area contributed by atoms with E-state index in [-0.39, 0.29) is 29.3 Å². The fourth-order valence-corrected chi connectivity index (χ4v) is 5.94. The number of hydrogen-bond donors (Lipinski definition) is 1. The Morgan fingerprint density at radius 2 is 1.81 bits per heavy atom. The Hall–Kier alpha value is -2.62. The third-order valence-corrected chi connectivity index (χ3v) is 8.31. The van der Waals surface area contributed by atoms with E-state index in [1.54, 1.807) is 26.2 Å². The predicted molar refractivity (Wildman–Crippen MR) is 146 cm³/mol. The van der Waals surface area contributed by atoms with E-state index in [1.807, 2.05) is 12.1 Å². The Bertz CT molecular complexity index is 1220. The lowest BCUT2D eigenvalue weighted by atomic mass is 9.79. The normalized spacial score (nSPS) is 18.8. The molecule has 1 aliphatic carbocycles. The van der Waals surface area contributed by atoms with Gasteiger partial charge in [0.1, 0.15) is 5.75 Å². The molecule has 2 amide bonds. The molecule has 0 bridgehead atoms. The maximum absolute atomic E-state index is 12.4. The summed E-state index contributed by atoms with van der Waals surface area (Å²) >= 11 is 0. The molecule has 2 atom stereocenters. The van der Waals surface area contributed by atoms with Crippen molar-refractivity contribution in [1.82, 2.24) is 15.1 Å². The zero-order valence-electron chi connectivity index (χ0n) is 21.6. The zero-order valence-corrected chi connectivity index (χ0v) is 23.2. The first-order valence-corrected chi connectivity index (χ1v) is 14.4. The highest BCUT2D eigenvalue weighted by atomic mass is 35.5. The largest absolute Gasteiger partial charge is 0.414 e. The number of nitrogens with one attached hydrogen (secondary N) is 1. The topological polar surface area (TPSA) is 96.0 Å². The summed E-state index contributed by atoms with van der Waals surface area (Å²) in [5, 5.41) is 2.93. The standard InChI is InChI=1S/C27H35N3O5S.ClH/c1-29(2)27(32)35-25-8-6-7-21-22-15-18-30(24(22)14-13-23(21)25)17-5-4-16-28-26(31)19-9-11-20(12-10-19)36(3,33)34;/h6-12,22,24H,4-5,13-18H2,1-3H3,(H,28,31);1H/t22-,24+;/m0./s1. The minimum Gasteiger partial charge on any atom is -0.410 e. The van der Waals surface area contributed by atoms with Crippen LogP contribution in [0.25, 0.3) is 0 Å². The lowest BCUT2D eigenvalue weighted by Crippen LogP contribution is -2.36. The van der Waals surface area contributed by atoms with Crippen LogP contribution < -0.4 is 10.1 Å². The molecule has 1 N–H and O–H groups in total. The summed E-state index contributed by atoms with van der Waals surface area (Å²) in [6.07, 6.45) is 5.72. The molecule has 0 aromatic heterocycles. The molecule has 8 nitrogen and oxygen atoms in total. The number of benzene rings is 2. The zero-order chi connectivity index (χ0) is 25.9. The van der Waals surface area contributed by atoms with E-state index < -0.39 is 9.84 Å². The van der Waals surface area contributed by atoms with Crippen molar-refractivity contribution in [2.24, 2.45) is 0 Å². The van der Waals surface area contributed by atoms with Crippen molar-refractivity contribution in [2.75, 3.05) is 40.0 Å². The van der Waals surface area contributed by atoms with Gasteiger partial charge in [-0.3, -0.25) is 9.69 Å². The third kappa shape index (κ3) is 6.83. The monoisotopic (exact) mass is 549 g/mol. The van der Waals surface area contributed by atoms with Crippen molar-refractivity contribution in [3.8, 4) is 5.75 Å². The van der Waals surface area contributed by atoms with Crippen molar-refractivity contribution < 1.29 is 22.7 Å². The predicted octanol–water partition coefficient (Wildman–Crippen LogP) is 3.89.